The van der Waals surface area contributed by atoms with Crippen LogP contribution >= 0.6 is 0 Å². The number of hydrogen-bond donors (Lipinski definition) is 2. The van der Waals surface area contributed by atoms with Gasteiger partial charge < -0.3 is 15.4 Å². The Hall–Kier alpha value is -1.29. The zero-order valence-corrected chi connectivity index (χ0v) is 7.45. The fourth-order valence-corrected chi connectivity index (χ4v) is 1.93. The predicted molar refractivity (Wildman–Crippen MR) is 47.2 cm³/mol. The van der Waals surface area contributed by atoms with Crippen LogP contribution in [-0.2, 0) is 23.8 Å². The van der Waals surface area contributed by atoms with Crippen LogP contribution in [0.15, 0.2) is 12.4 Å². The highest BCUT2D eigenvalue weighted by molar-refractivity contribution is 5.82. The van der Waals surface area contributed by atoms with E-state index in [0.717, 1.165) is 17.5 Å². The second-order valence-corrected chi connectivity index (χ2v) is 3.64. The molecule has 1 aliphatic rings. The molecule has 3 N–H and O–H groups in total. The fraction of sp³-hybridized carbons (Fsp3) is 0.444. The summed E-state index contributed by atoms with van der Waals surface area (Å²) in [5, 5.41) is 8.99. The number of carboxylic acids is 1. The Morgan fingerprint density at radius 3 is 3.00 bits per heavy atom. The first-order chi connectivity index (χ1) is 6.04. The number of aliphatic carboxylic acids is 1. The van der Waals surface area contributed by atoms with Crippen molar-refractivity contribution in [2.24, 2.45) is 12.8 Å². The van der Waals surface area contributed by atoms with Crippen LogP contribution in [0, 0.1) is 0 Å². The van der Waals surface area contributed by atoms with Gasteiger partial charge in [-0.25, -0.2) is 4.79 Å². The van der Waals surface area contributed by atoms with Crippen molar-refractivity contribution in [1.82, 2.24) is 4.57 Å². The van der Waals surface area contributed by atoms with Crippen molar-refractivity contribution in [3.63, 3.8) is 0 Å². The fourth-order valence-electron chi connectivity index (χ4n) is 1.93. The molecule has 0 amide bonds. The Kier molecular flexibility index (Phi) is 1.51. The molecule has 2 rings (SSSR count). The third-order valence-corrected chi connectivity index (χ3v) is 2.69. The van der Waals surface area contributed by atoms with Crippen molar-refractivity contribution in [2.45, 2.75) is 18.4 Å². The normalized spacial score (nSPS) is 26.0. The van der Waals surface area contributed by atoms with E-state index in [1.54, 1.807) is 6.20 Å². The predicted octanol–water partition coefficient (Wildman–Crippen LogP) is 0.210. The maximum atomic E-state index is 11.0. The molecule has 1 aromatic heterocycles. The van der Waals surface area contributed by atoms with Gasteiger partial charge in [0, 0.05) is 25.0 Å². The summed E-state index contributed by atoms with van der Waals surface area (Å²) >= 11 is 0. The van der Waals surface area contributed by atoms with Gasteiger partial charge in [0.1, 0.15) is 5.54 Å². The van der Waals surface area contributed by atoms with Gasteiger partial charge in [-0.15, -0.1) is 0 Å². The van der Waals surface area contributed by atoms with Gasteiger partial charge in [-0.05, 0) is 18.4 Å². The largest absolute Gasteiger partial charge is 0.480 e. The number of nitrogens with zero attached hydrogens (tertiary/aromatic N) is 1. The topological polar surface area (TPSA) is 68.2 Å². The molecule has 1 heterocycles. The summed E-state index contributed by atoms with van der Waals surface area (Å²) < 4.78 is 1.86. The molecule has 1 aromatic rings. The first-order valence-electron chi connectivity index (χ1n) is 4.21. The molecule has 0 saturated carbocycles. The van der Waals surface area contributed by atoms with Crippen LogP contribution in [-0.4, -0.2) is 15.6 Å². The highest BCUT2D eigenvalue weighted by Gasteiger charge is 2.42. The quantitative estimate of drug-likeness (QED) is 0.649. The maximum absolute atomic E-state index is 11.0. The van der Waals surface area contributed by atoms with E-state index >= 15 is 0 Å². The molecule has 1 aliphatic carbocycles. The average Bonchev–Trinajstić information content (AvgIpc) is 2.53. The minimum Gasteiger partial charge on any atom is -0.480 e. The van der Waals surface area contributed by atoms with Gasteiger partial charge in [0.15, 0.2) is 0 Å². The smallest absolute Gasteiger partial charge is 0.328 e. The van der Waals surface area contributed by atoms with E-state index < -0.39 is 11.5 Å². The Morgan fingerprint density at radius 1 is 1.69 bits per heavy atom. The highest BCUT2D eigenvalue weighted by Crippen LogP contribution is 2.35. The molecule has 0 saturated heterocycles. The summed E-state index contributed by atoms with van der Waals surface area (Å²) in [6.45, 7) is 0. The van der Waals surface area contributed by atoms with E-state index in [0.29, 0.717) is 6.42 Å². The Bertz CT molecular complexity index is 370. The molecule has 0 fully saturated rings. The van der Waals surface area contributed by atoms with E-state index in [2.05, 4.69) is 0 Å². The summed E-state index contributed by atoms with van der Waals surface area (Å²) in [5.41, 5.74) is 6.49. The monoisotopic (exact) mass is 180 g/mol. The molecular formula is C9H12N2O2. The molecule has 0 bridgehead atoms. The first kappa shape index (κ1) is 8.31. The molecule has 4 heteroatoms. The minimum atomic E-state index is -1.16. The van der Waals surface area contributed by atoms with Gasteiger partial charge in [0.2, 0.25) is 0 Å². The van der Waals surface area contributed by atoms with Gasteiger partial charge in [0.05, 0.1) is 0 Å². The second-order valence-electron chi connectivity index (χ2n) is 3.64. The lowest BCUT2D eigenvalue weighted by molar-refractivity contribution is -0.143. The van der Waals surface area contributed by atoms with Crippen LogP contribution in [0.2, 0.25) is 0 Å². The lowest BCUT2D eigenvalue weighted by Gasteiger charge is -2.18. The van der Waals surface area contributed by atoms with E-state index in [9.17, 15) is 4.79 Å². The van der Waals surface area contributed by atoms with Crippen LogP contribution in [0.4, 0.5) is 0 Å². The number of carbonyl (C=O) groups is 1. The van der Waals surface area contributed by atoms with Crippen LogP contribution in [0.25, 0.3) is 0 Å². The molecule has 1 unspecified atom stereocenters. The standard InChI is InChI=1S/C9H12N2O2/c1-11-4-6-2-3-9(10,8(12)13)7(6)5-11/h4-5H,2-3,10H2,1H3,(H,12,13). The number of nitrogens with two attached hydrogens (primary N) is 1. The van der Waals surface area contributed by atoms with E-state index in [1.165, 1.54) is 0 Å². The Morgan fingerprint density at radius 2 is 2.38 bits per heavy atom. The van der Waals surface area contributed by atoms with Crippen molar-refractivity contribution < 1.29 is 9.90 Å². The van der Waals surface area contributed by atoms with Crippen molar-refractivity contribution in [1.29, 1.82) is 0 Å². The molecule has 13 heavy (non-hydrogen) atoms. The van der Waals surface area contributed by atoms with Crippen molar-refractivity contribution >= 4 is 5.97 Å². The van der Waals surface area contributed by atoms with Gasteiger partial charge >= 0.3 is 5.97 Å². The summed E-state index contributed by atoms with van der Waals surface area (Å²) in [6, 6.07) is 0. The van der Waals surface area contributed by atoms with E-state index in [4.69, 9.17) is 10.8 Å². The van der Waals surface area contributed by atoms with Gasteiger partial charge in [-0.3, -0.25) is 0 Å². The van der Waals surface area contributed by atoms with Crippen LogP contribution in [0.3, 0.4) is 0 Å². The number of carboxylic acid groups (broad SMARTS) is 1. The summed E-state index contributed by atoms with van der Waals surface area (Å²) in [6.07, 6.45) is 5.01. The van der Waals surface area contributed by atoms with Crippen molar-refractivity contribution in [3.8, 4) is 0 Å². The van der Waals surface area contributed by atoms with Crippen molar-refractivity contribution in [2.75, 3.05) is 0 Å². The third-order valence-electron chi connectivity index (χ3n) is 2.69. The van der Waals surface area contributed by atoms with E-state index in [-0.39, 0.29) is 0 Å². The Labute approximate surface area is 76.0 Å². The van der Waals surface area contributed by atoms with Crippen LogP contribution in [0.5, 0.6) is 0 Å². The molecular weight excluding hydrogens is 168 g/mol. The van der Waals surface area contributed by atoms with E-state index in [1.807, 2.05) is 17.8 Å². The van der Waals surface area contributed by atoms with Crippen LogP contribution in [0.1, 0.15) is 17.5 Å². The molecule has 0 spiro atoms. The second kappa shape index (κ2) is 2.35. The van der Waals surface area contributed by atoms with Crippen molar-refractivity contribution in [3.05, 3.63) is 23.5 Å². The lowest BCUT2D eigenvalue weighted by Crippen LogP contribution is -2.42. The van der Waals surface area contributed by atoms with Gasteiger partial charge in [0.25, 0.3) is 0 Å². The van der Waals surface area contributed by atoms with Gasteiger partial charge in [-0.2, -0.15) is 0 Å². The SMILES string of the molecule is Cn1cc2c(c1)C(N)(C(=O)O)CC2. The summed E-state index contributed by atoms with van der Waals surface area (Å²) in [5.74, 6) is -0.933. The summed E-state index contributed by atoms with van der Waals surface area (Å²) in [4.78, 5) is 11.0. The number of aryl methyl sites for hydroxylation is 2. The molecule has 4 nitrogen and oxygen atoms in total. The molecule has 70 valence electrons. The molecule has 0 aromatic carbocycles. The number of fused-ring (bicyclic) bond motifs is 1. The zero-order chi connectivity index (χ0) is 9.64. The number of hydrogen-bond acceptors (Lipinski definition) is 2. The Balaban J connectivity index is 2.53. The molecule has 1 atom stereocenters. The number of rotatable bonds is 1. The van der Waals surface area contributed by atoms with Crippen LogP contribution < -0.4 is 5.73 Å². The average molecular weight is 180 g/mol. The molecule has 0 aliphatic heterocycles. The number of aromatic nitrogens is 1. The summed E-state index contributed by atoms with van der Waals surface area (Å²) in [7, 11) is 1.88. The maximum Gasteiger partial charge on any atom is 0.328 e. The zero-order valence-electron chi connectivity index (χ0n) is 7.45. The highest BCUT2D eigenvalue weighted by atomic mass is 16.4. The lowest BCUT2D eigenvalue weighted by atomic mass is 9.95. The third kappa shape index (κ3) is 0.986. The molecule has 0 radical (unpaired) electrons. The first-order valence-corrected chi connectivity index (χ1v) is 4.21. The minimum absolute atomic E-state index is 0.508. The van der Waals surface area contributed by atoms with Gasteiger partial charge in [-0.1, -0.05) is 0 Å².